The van der Waals surface area contributed by atoms with Gasteiger partial charge in [0.1, 0.15) is 23.7 Å². The van der Waals surface area contributed by atoms with E-state index in [0.717, 1.165) is 50.1 Å². The first kappa shape index (κ1) is 19.1. The Morgan fingerprint density at radius 2 is 1.66 bits per heavy atom. The minimum absolute atomic E-state index is 0.758. The highest BCUT2D eigenvalue weighted by Gasteiger charge is 2.19. The average Bonchev–Trinajstić information content (AvgIpc) is 2.79. The van der Waals surface area contributed by atoms with Crippen LogP contribution in [0.15, 0.2) is 60.9 Å². The Morgan fingerprint density at radius 1 is 0.931 bits per heavy atom. The lowest BCUT2D eigenvalue weighted by Gasteiger charge is -2.36. The second kappa shape index (κ2) is 8.82. The molecular weight excluding hydrogens is 362 g/mol. The first-order valence-corrected chi connectivity index (χ1v) is 9.97. The topological polar surface area (TPSA) is 53.5 Å². The van der Waals surface area contributed by atoms with E-state index in [1.54, 1.807) is 13.4 Å². The molecule has 4 rings (SSSR count). The first-order chi connectivity index (χ1) is 14.2. The molecule has 0 atom stereocenters. The van der Waals surface area contributed by atoms with Crippen LogP contribution < -0.4 is 19.9 Å². The predicted molar refractivity (Wildman–Crippen MR) is 118 cm³/mol. The van der Waals surface area contributed by atoms with Crippen LogP contribution in [0.25, 0.3) is 0 Å². The second-order valence-electron chi connectivity index (χ2n) is 7.21. The van der Waals surface area contributed by atoms with Gasteiger partial charge >= 0.3 is 0 Å². The first-order valence-electron chi connectivity index (χ1n) is 9.97. The maximum absolute atomic E-state index is 5.25. The monoisotopic (exact) mass is 389 g/mol. The Morgan fingerprint density at radius 3 is 2.38 bits per heavy atom. The minimum Gasteiger partial charge on any atom is -0.497 e. The number of aromatic nitrogens is 2. The van der Waals surface area contributed by atoms with Gasteiger partial charge in [-0.3, -0.25) is 0 Å². The summed E-state index contributed by atoms with van der Waals surface area (Å²) in [4.78, 5) is 13.6. The van der Waals surface area contributed by atoms with E-state index in [1.807, 2.05) is 18.2 Å². The minimum atomic E-state index is 0.758. The maximum atomic E-state index is 5.25. The zero-order valence-corrected chi connectivity index (χ0v) is 17.0. The number of benzene rings is 2. The van der Waals surface area contributed by atoms with Crippen LogP contribution in [0, 0.1) is 6.92 Å². The number of anilines is 3. The van der Waals surface area contributed by atoms with E-state index in [2.05, 4.69) is 68.4 Å². The van der Waals surface area contributed by atoms with Crippen molar-refractivity contribution in [3.8, 4) is 5.75 Å². The highest BCUT2D eigenvalue weighted by atomic mass is 16.5. The van der Waals surface area contributed by atoms with E-state index in [1.165, 1.54) is 16.8 Å². The van der Waals surface area contributed by atoms with Crippen molar-refractivity contribution in [2.24, 2.45) is 0 Å². The van der Waals surface area contributed by atoms with Crippen molar-refractivity contribution in [2.75, 3.05) is 48.4 Å². The quantitative estimate of drug-likeness (QED) is 0.693. The zero-order chi connectivity index (χ0) is 20.1. The molecular formula is C23H27N5O. The summed E-state index contributed by atoms with van der Waals surface area (Å²) in [5.74, 6) is 2.72. The van der Waals surface area contributed by atoms with E-state index >= 15 is 0 Å². The summed E-state index contributed by atoms with van der Waals surface area (Å²) >= 11 is 0. The molecule has 0 saturated carbocycles. The van der Waals surface area contributed by atoms with Crippen molar-refractivity contribution >= 4 is 17.3 Å². The fourth-order valence-corrected chi connectivity index (χ4v) is 3.60. The molecule has 1 aliphatic rings. The van der Waals surface area contributed by atoms with Gasteiger partial charge in [0, 0.05) is 44.5 Å². The molecule has 29 heavy (non-hydrogen) atoms. The SMILES string of the molecule is COc1ccc(N2CCN(c3cc(NCc4ccccc4C)ncn3)CC2)cc1. The number of piperazine rings is 1. The number of rotatable bonds is 6. The van der Waals surface area contributed by atoms with Gasteiger partial charge in [-0.2, -0.15) is 0 Å². The molecule has 3 aromatic rings. The number of hydrogen-bond donors (Lipinski definition) is 1. The van der Waals surface area contributed by atoms with E-state index in [0.29, 0.717) is 0 Å². The molecule has 0 radical (unpaired) electrons. The number of nitrogens with zero attached hydrogens (tertiary/aromatic N) is 4. The van der Waals surface area contributed by atoms with Gasteiger partial charge in [-0.05, 0) is 42.3 Å². The van der Waals surface area contributed by atoms with Crippen LogP contribution in [0.2, 0.25) is 0 Å². The molecule has 0 unspecified atom stereocenters. The number of methoxy groups -OCH3 is 1. The molecule has 0 bridgehead atoms. The lowest BCUT2D eigenvalue weighted by atomic mass is 10.1. The van der Waals surface area contributed by atoms with Crippen LogP contribution in [-0.2, 0) is 6.54 Å². The number of aryl methyl sites for hydroxylation is 1. The molecule has 150 valence electrons. The van der Waals surface area contributed by atoms with Gasteiger partial charge in [0.25, 0.3) is 0 Å². The third-order valence-electron chi connectivity index (χ3n) is 5.42. The summed E-state index contributed by atoms with van der Waals surface area (Å²) in [6.07, 6.45) is 1.64. The molecule has 1 aliphatic heterocycles. The number of hydrogen-bond acceptors (Lipinski definition) is 6. The largest absolute Gasteiger partial charge is 0.497 e. The van der Waals surface area contributed by atoms with Gasteiger partial charge < -0.3 is 19.9 Å². The van der Waals surface area contributed by atoms with Gasteiger partial charge in [0.15, 0.2) is 0 Å². The molecule has 1 fully saturated rings. The van der Waals surface area contributed by atoms with Gasteiger partial charge in [-0.25, -0.2) is 9.97 Å². The Hall–Kier alpha value is -3.28. The molecule has 2 aromatic carbocycles. The van der Waals surface area contributed by atoms with Gasteiger partial charge in [0.05, 0.1) is 7.11 Å². The molecule has 1 N–H and O–H groups in total. The van der Waals surface area contributed by atoms with Gasteiger partial charge in [-0.15, -0.1) is 0 Å². The fourth-order valence-electron chi connectivity index (χ4n) is 3.60. The summed E-state index contributed by atoms with van der Waals surface area (Å²) in [6.45, 7) is 6.67. The summed E-state index contributed by atoms with van der Waals surface area (Å²) in [5.41, 5.74) is 3.79. The van der Waals surface area contributed by atoms with E-state index in [4.69, 9.17) is 4.74 Å². The van der Waals surface area contributed by atoms with Crippen LogP contribution in [0.5, 0.6) is 5.75 Å². The smallest absolute Gasteiger partial charge is 0.134 e. The highest BCUT2D eigenvalue weighted by Crippen LogP contribution is 2.23. The van der Waals surface area contributed by atoms with Crippen LogP contribution in [0.4, 0.5) is 17.3 Å². The molecule has 6 nitrogen and oxygen atoms in total. The summed E-state index contributed by atoms with van der Waals surface area (Å²) in [6, 6.07) is 18.7. The van der Waals surface area contributed by atoms with Crippen molar-refractivity contribution in [2.45, 2.75) is 13.5 Å². The van der Waals surface area contributed by atoms with E-state index in [9.17, 15) is 0 Å². The lowest BCUT2D eigenvalue weighted by molar-refractivity contribution is 0.415. The maximum Gasteiger partial charge on any atom is 0.134 e. The van der Waals surface area contributed by atoms with Crippen molar-refractivity contribution in [3.05, 3.63) is 72.1 Å². The number of nitrogens with one attached hydrogen (secondary N) is 1. The third-order valence-corrected chi connectivity index (χ3v) is 5.42. The lowest BCUT2D eigenvalue weighted by Crippen LogP contribution is -2.46. The van der Waals surface area contributed by atoms with Crippen molar-refractivity contribution in [1.82, 2.24) is 9.97 Å². The van der Waals surface area contributed by atoms with Gasteiger partial charge in [-0.1, -0.05) is 24.3 Å². The van der Waals surface area contributed by atoms with E-state index in [-0.39, 0.29) is 0 Å². The molecule has 6 heteroatoms. The zero-order valence-electron chi connectivity index (χ0n) is 17.0. The van der Waals surface area contributed by atoms with Crippen molar-refractivity contribution in [1.29, 1.82) is 0 Å². The van der Waals surface area contributed by atoms with Crippen LogP contribution >= 0.6 is 0 Å². The summed E-state index contributed by atoms with van der Waals surface area (Å²) in [5, 5.41) is 3.43. The number of ether oxygens (including phenoxy) is 1. The van der Waals surface area contributed by atoms with Crippen LogP contribution in [0.3, 0.4) is 0 Å². The average molecular weight is 390 g/mol. The third kappa shape index (κ3) is 4.59. The Labute approximate surface area is 172 Å². The molecule has 0 amide bonds. The molecule has 1 saturated heterocycles. The highest BCUT2D eigenvalue weighted by molar-refractivity contribution is 5.53. The Balaban J connectivity index is 1.36. The van der Waals surface area contributed by atoms with Crippen LogP contribution in [-0.4, -0.2) is 43.3 Å². The predicted octanol–water partition coefficient (Wildman–Crippen LogP) is 3.73. The normalized spacial score (nSPS) is 14.0. The standard InChI is InChI=1S/C23H27N5O/c1-18-5-3-4-6-19(18)16-24-22-15-23(26-17-25-22)28-13-11-27(12-14-28)20-7-9-21(29-2)10-8-20/h3-10,15,17H,11-14,16H2,1-2H3,(H,24,25,26). The molecule has 0 spiro atoms. The molecule has 0 aliphatic carbocycles. The fraction of sp³-hybridized carbons (Fsp3) is 0.304. The Kier molecular flexibility index (Phi) is 5.79. The molecule has 2 heterocycles. The summed E-state index contributed by atoms with van der Waals surface area (Å²) in [7, 11) is 1.69. The van der Waals surface area contributed by atoms with Crippen LogP contribution in [0.1, 0.15) is 11.1 Å². The summed E-state index contributed by atoms with van der Waals surface area (Å²) < 4.78 is 5.25. The van der Waals surface area contributed by atoms with E-state index < -0.39 is 0 Å². The molecule has 1 aromatic heterocycles. The Bertz CT molecular complexity index is 936. The van der Waals surface area contributed by atoms with Gasteiger partial charge in [0.2, 0.25) is 0 Å². The second-order valence-corrected chi connectivity index (χ2v) is 7.21. The van der Waals surface area contributed by atoms with Crippen molar-refractivity contribution in [3.63, 3.8) is 0 Å². The van der Waals surface area contributed by atoms with Crippen molar-refractivity contribution < 1.29 is 4.74 Å².